The Morgan fingerprint density at radius 1 is 1.50 bits per heavy atom. The van der Waals surface area contributed by atoms with Crippen LogP contribution in [0.25, 0.3) is 0 Å². The Labute approximate surface area is 125 Å². The number of carbonyl (C=O) groups is 1. The zero-order chi connectivity index (χ0) is 13.7. The molecule has 114 valence electrons. The molecule has 0 radical (unpaired) electrons. The van der Waals surface area contributed by atoms with Crippen LogP contribution in [0.4, 0.5) is 5.88 Å². The first-order chi connectivity index (χ1) is 9.17. The number of aryl methyl sites for hydroxylation is 1. The van der Waals surface area contributed by atoms with Crippen molar-refractivity contribution < 1.29 is 9.32 Å². The number of aromatic nitrogens is 1. The summed E-state index contributed by atoms with van der Waals surface area (Å²) >= 11 is 0. The molecule has 2 heterocycles. The lowest BCUT2D eigenvalue weighted by molar-refractivity contribution is -0.117. The lowest BCUT2D eigenvalue weighted by atomic mass is 9.97. The highest BCUT2D eigenvalue weighted by atomic mass is 35.5. The van der Waals surface area contributed by atoms with Crippen LogP contribution in [0.2, 0.25) is 0 Å². The standard InChI is InChI=1S/C13H22N4O2.ClH/c1-10-7-13(19-16-10)15-12(18)9-17-5-3-11(4-6-17)8-14-2;/h7,11,14H,3-6,8-9H2,1-2H3,(H,15,18);1H. The van der Waals surface area contributed by atoms with E-state index in [4.69, 9.17) is 4.52 Å². The SMILES string of the molecule is CNCC1CCN(CC(=O)Nc2cc(C)no2)CC1.Cl. The van der Waals surface area contributed by atoms with E-state index < -0.39 is 0 Å². The topological polar surface area (TPSA) is 70.4 Å². The maximum Gasteiger partial charge on any atom is 0.240 e. The molecule has 0 bridgehead atoms. The highest BCUT2D eigenvalue weighted by Crippen LogP contribution is 2.16. The number of nitrogens with zero attached hydrogens (tertiary/aromatic N) is 2. The van der Waals surface area contributed by atoms with E-state index in [-0.39, 0.29) is 18.3 Å². The molecule has 0 aliphatic carbocycles. The van der Waals surface area contributed by atoms with E-state index >= 15 is 0 Å². The van der Waals surface area contributed by atoms with Crippen molar-refractivity contribution in [2.45, 2.75) is 19.8 Å². The second-order valence-electron chi connectivity index (χ2n) is 5.16. The second-order valence-corrected chi connectivity index (χ2v) is 5.16. The van der Waals surface area contributed by atoms with Gasteiger partial charge in [0, 0.05) is 6.07 Å². The number of anilines is 1. The number of hydrogen-bond acceptors (Lipinski definition) is 5. The molecule has 0 spiro atoms. The van der Waals surface area contributed by atoms with Crippen molar-refractivity contribution in [3.8, 4) is 0 Å². The smallest absolute Gasteiger partial charge is 0.240 e. The van der Waals surface area contributed by atoms with E-state index in [1.807, 2.05) is 14.0 Å². The maximum atomic E-state index is 11.8. The molecular weight excluding hydrogens is 280 g/mol. The van der Waals surface area contributed by atoms with Gasteiger partial charge in [-0.25, -0.2) is 0 Å². The lowest BCUT2D eigenvalue weighted by Crippen LogP contribution is -2.40. The normalized spacial score (nSPS) is 16.7. The third kappa shape index (κ3) is 5.11. The Morgan fingerprint density at radius 2 is 2.20 bits per heavy atom. The number of carbonyl (C=O) groups excluding carboxylic acids is 1. The first-order valence-corrected chi connectivity index (χ1v) is 6.77. The second kappa shape index (κ2) is 8.24. The van der Waals surface area contributed by atoms with Crippen LogP contribution < -0.4 is 10.6 Å². The molecule has 7 heteroatoms. The highest BCUT2D eigenvalue weighted by Gasteiger charge is 2.20. The van der Waals surface area contributed by atoms with Crippen molar-refractivity contribution in [1.82, 2.24) is 15.4 Å². The van der Waals surface area contributed by atoms with E-state index in [2.05, 4.69) is 20.7 Å². The van der Waals surface area contributed by atoms with Crippen LogP contribution in [0.1, 0.15) is 18.5 Å². The summed E-state index contributed by atoms with van der Waals surface area (Å²) in [5, 5.41) is 9.67. The van der Waals surface area contributed by atoms with Crippen molar-refractivity contribution in [3.05, 3.63) is 11.8 Å². The fourth-order valence-corrected chi connectivity index (χ4v) is 2.44. The average Bonchev–Trinajstić information content (AvgIpc) is 2.77. The summed E-state index contributed by atoms with van der Waals surface area (Å²) in [4.78, 5) is 14.0. The monoisotopic (exact) mass is 302 g/mol. The van der Waals surface area contributed by atoms with Crippen molar-refractivity contribution in [1.29, 1.82) is 0 Å². The Bertz CT molecular complexity index is 416. The maximum absolute atomic E-state index is 11.8. The summed E-state index contributed by atoms with van der Waals surface area (Å²) in [7, 11) is 1.99. The fourth-order valence-electron chi connectivity index (χ4n) is 2.44. The minimum atomic E-state index is -0.0387. The van der Waals surface area contributed by atoms with Crippen molar-refractivity contribution in [2.24, 2.45) is 5.92 Å². The molecule has 2 rings (SSSR count). The Morgan fingerprint density at radius 3 is 2.75 bits per heavy atom. The van der Waals surface area contributed by atoms with Crippen LogP contribution in [-0.2, 0) is 4.79 Å². The molecule has 2 N–H and O–H groups in total. The molecule has 0 aromatic carbocycles. The molecule has 6 nitrogen and oxygen atoms in total. The summed E-state index contributed by atoms with van der Waals surface area (Å²) in [6.07, 6.45) is 2.30. The van der Waals surface area contributed by atoms with Crippen LogP contribution >= 0.6 is 12.4 Å². The van der Waals surface area contributed by atoms with Crippen molar-refractivity contribution in [2.75, 3.05) is 38.5 Å². The molecule has 0 unspecified atom stereocenters. The summed E-state index contributed by atoms with van der Waals surface area (Å²) in [5.74, 6) is 1.12. The van der Waals surface area contributed by atoms with Gasteiger partial charge in [-0.1, -0.05) is 5.16 Å². The third-order valence-corrected chi connectivity index (χ3v) is 3.46. The molecule has 1 aromatic rings. The average molecular weight is 303 g/mol. The summed E-state index contributed by atoms with van der Waals surface area (Å²) < 4.78 is 4.96. The zero-order valence-electron chi connectivity index (χ0n) is 12.0. The molecular formula is C13H23ClN4O2. The van der Waals surface area contributed by atoms with Gasteiger partial charge in [-0.05, 0) is 52.4 Å². The van der Waals surface area contributed by atoms with E-state index in [1.165, 1.54) is 0 Å². The quantitative estimate of drug-likeness (QED) is 0.857. The van der Waals surface area contributed by atoms with Crippen LogP contribution in [0.5, 0.6) is 0 Å². The predicted molar refractivity (Wildman–Crippen MR) is 80.2 cm³/mol. The highest BCUT2D eigenvalue weighted by molar-refractivity contribution is 5.90. The number of piperidine rings is 1. The predicted octanol–water partition coefficient (Wildman–Crippen LogP) is 1.27. The number of nitrogens with one attached hydrogen (secondary N) is 2. The minimum Gasteiger partial charge on any atom is -0.338 e. The van der Waals surface area contributed by atoms with Gasteiger partial charge in [0.1, 0.15) is 0 Å². The van der Waals surface area contributed by atoms with Gasteiger partial charge in [-0.15, -0.1) is 12.4 Å². The number of likely N-dealkylation sites (tertiary alicyclic amines) is 1. The molecule has 1 aliphatic heterocycles. The Hall–Kier alpha value is -1.11. The van der Waals surface area contributed by atoms with Gasteiger partial charge < -0.3 is 9.84 Å². The lowest BCUT2D eigenvalue weighted by Gasteiger charge is -2.31. The summed E-state index contributed by atoms with van der Waals surface area (Å²) in [6.45, 7) is 5.28. The summed E-state index contributed by atoms with van der Waals surface area (Å²) in [5.41, 5.74) is 0.767. The summed E-state index contributed by atoms with van der Waals surface area (Å²) in [6, 6.07) is 1.72. The van der Waals surface area contributed by atoms with E-state index in [0.717, 1.165) is 44.1 Å². The van der Waals surface area contributed by atoms with Crippen LogP contribution in [0.3, 0.4) is 0 Å². The molecule has 20 heavy (non-hydrogen) atoms. The molecule has 0 saturated carbocycles. The molecule has 1 aliphatic rings. The fraction of sp³-hybridized carbons (Fsp3) is 0.692. The molecule has 1 amide bonds. The molecule has 1 fully saturated rings. The van der Waals surface area contributed by atoms with Gasteiger partial charge in [0.15, 0.2) is 0 Å². The number of halogens is 1. The third-order valence-electron chi connectivity index (χ3n) is 3.46. The zero-order valence-corrected chi connectivity index (χ0v) is 12.8. The first kappa shape index (κ1) is 16.9. The van der Waals surface area contributed by atoms with Gasteiger partial charge in [0.05, 0.1) is 12.2 Å². The van der Waals surface area contributed by atoms with E-state index in [1.54, 1.807) is 6.07 Å². The largest absolute Gasteiger partial charge is 0.338 e. The van der Waals surface area contributed by atoms with Crippen LogP contribution in [-0.4, -0.2) is 49.2 Å². The van der Waals surface area contributed by atoms with Gasteiger partial charge in [-0.2, -0.15) is 0 Å². The van der Waals surface area contributed by atoms with Gasteiger partial charge in [-0.3, -0.25) is 15.0 Å². The van der Waals surface area contributed by atoms with Crippen molar-refractivity contribution >= 4 is 24.2 Å². The van der Waals surface area contributed by atoms with Gasteiger partial charge in [0.2, 0.25) is 11.8 Å². The minimum absolute atomic E-state index is 0. The molecule has 1 aromatic heterocycles. The Kier molecular flexibility index (Phi) is 6.98. The first-order valence-electron chi connectivity index (χ1n) is 6.77. The molecule has 0 atom stereocenters. The van der Waals surface area contributed by atoms with Gasteiger partial charge in [0.25, 0.3) is 0 Å². The number of hydrogen-bond donors (Lipinski definition) is 2. The van der Waals surface area contributed by atoms with E-state index in [0.29, 0.717) is 12.4 Å². The number of rotatable bonds is 5. The Balaban J connectivity index is 0.00000200. The number of amides is 1. The van der Waals surface area contributed by atoms with Crippen LogP contribution in [0.15, 0.2) is 10.6 Å². The van der Waals surface area contributed by atoms with Gasteiger partial charge >= 0.3 is 0 Å². The van der Waals surface area contributed by atoms with E-state index in [9.17, 15) is 4.79 Å². The van der Waals surface area contributed by atoms with Crippen molar-refractivity contribution in [3.63, 3.8) is 0 Å². The molecule has 1 saturated heterocycles. The van der Waals surface area contributed by atoms with Crippen LogP contribution in [0, 0.1) is 12.8 Å².